The number of nitrogens with one attached hydrogen (secondary N) is 1. The minimum Gasteiger partial charge on any atom is -0.341 e. The quantitative estimate of drug-likeness (QED) is 0.868. The van der Waals surface area contributed by atoms with Gasteiger partial charge in [0.1, 0.15) is 0 Å². The third kappa shape index (κ3) is 2.05. The molecule has 0 bridgehead atoms. The Kier molecular flexibility index (Phi) is 3.33. The van der Waals surface area contributed by atoms with Crippen LogP contribution in [-0.2, 0) is 0 Å². The molecule has 1 aromatic carbocycles. The monoisotopic (exact) mass is 260 g/mol. The number of thioether (sulfide) groups is 1. The first-order valence-corrected chi connectivity index (χ1v) is 7.74. The second-order valence-corrected chi connectivity index (χ2v) is 6.54. The molecular formula is C15H20N2S. The van der Waals surface area contributed by atoms with E-state index in [1.807, 2.05) is 0 Å². The van der Waals surface area contributed by atoms with Crippen LogP contribution in [0.4, 0.5) is 0 Å². The van der Waals surface area contributed by atoms with Gasteiger partial charge in [-0.2, -0.15) is 0 Å². The summed E-state index contributed by atoms with van der Waals surface area (Å²) in [7, 11) is 0. The van der Waals surface area contributed by atoms with Gasteiger partial charge in [-0.1, -0.05) is 54.9 Å². The predicted molar refractivity (Wildman–Crippen MR) is 78.1 cm³/mol. The van der Waals surface area contributed by atoms with E-state index >= 15 is 0 Å². The van der Waals surface area contributed by atoms with Crippen molar-refractivity contribution in [2.75, 3.05) is 0 Å². The molecule has 1 N–H and O–H groups in total. The standard InChI is InChI=1S/C15H20N2S/c1-11(12-7-3-2-4-8-12)17-13-9-5-6-10-14(13)18-15(17)16/h2-4,7-8,11,13-14,16H,5-6,9-10H2,1H3/t11-,13-,14-/m1/s1. The highest BCUT2D eigenvalue weighted by Gasteiger charge is 2.41. The van der Waals surface area contributed by atoms with E-state index in [4.69, 9.17) is 5.41 Å². The topological polar surface area (TPSA) is 27.1 Å². The summed E-state index contributed by atoms with van der Waals surface area (Å²) in [6, 6.07) is 11.5. The molecule has 2 fully saturated rings. The van der Waals surface area contributed by atoms with Crippen LogP contribution < -0.4 is 0 Å². The van der Waals surface area contributed by atoms with Crippen LogP contribution in [0.15, 0.2) is 30.3 Å². The number of hydrogen-bond donors (Lipinski definition) is 1. The van der Waals surface area contributed by atoms with Crippen molar-refractivity contribution >= 4 is 16.9 Å². The molecule has 1 aromatic rings. The van der Waals surface area contributed by atoms with Crippen molar-refractivity contribution in [1.82, 2.24) is 4.90 Å². The molecule has 96 valence electrons. The number of nitrogens with zero attached hydrogens (tertiary/aromatic N) is 1. The van der Waals surface area contributed by atoms with Crippen LogP contribution in [0.25, 0.3) is 0 Å². The van der Waals surface area contributed by atoms with Crippen LogP contribution >= 0.6 is 11.8 Å². The second-order valence-electron chi connectivity index (χ2n) is 5.31. The van der Waals surface area contributed by atoms with Gasteiger partial charge in [0.05, 0.1) is 6.04 Å². The summed E-state index contributed by atoms with van der Waals surface area (Å²) in [6.07, 6.45) is 5.22. The van der Waals surface area contributed by atoms with Crippen LogP contribution in [0.2, 0.25) is 0 Å². The summed E-state index contributed by atoms with van der Waals surface area (Å²) in [5.41, 5.74) is 1.33. The minimum absolute atomic E-state index is 0.333. The minimum atomic E-state index is 0.333. The Bertz CT molecular complexity index is 431. The zero-order valence-electron chi connectivity index (χ0n) is 10.8. The van der Waals surface area contributed by atoms with Gasteiger partial charge in [0.2, 0.25) is 0 Å². The number of fused-ring (bicyclic) bond motifs is 1. The largest absolute Gasteiger partial charge is 0.341 e. The summed E-state index contributed by atoms with van der Waals surface area (Å²) in [5.74, 6) is 0. The molecule has 3 atom stereocenters. The normalized spacial score (nSPS) is 29.2. The number of hydrogen-bond acceptors (Lipinski definition) is 2. The van der Waals surface area contributed by atoms with E-state index in [-0.39, 0.29) is 0 Å². The van der Waals surface area contributed by atoms with Crippen LogP contribution in [0, 0.1) is 5.41 Å². The molecule has 3 heteroatoms. The summed E-state index contributed by atoms with van der Waals surface area (Å²) < 4.78 is 0. The summed E-state index contributed by atoms with van der Waals surface area (Å²) >= 11 is 1.79. The molecule has 1 saturated carbocycles. The fraction of sp³-hybridized carbons (Fsp3) is 0.533. The van der Waals surface area contributed by atoms with Crippen molar-refractivity contribution in [2.24, 2.45) is 0 Å². The third-order valence-corrected chi connectivity index (χ3v) is 5.51. The summed E-state index contributed by atoms with van der Waals surface area (Å²) in [6.45, 7) is 2.24. The van der Waals surface area contributed by atoms with Gasteiger partial charge in [-0.05, 0) is 25.3 Å². The first kappa shape index (κ1) is 12.1. The molecule has 1 aliphatic carbocycles. The SMILES string of the molecule is C[C@H](c1ccccc1)N1C(=N)S[C@@H]2CCCC[C@H]21. The molecule has 1 heterocycles. The van der Waals surface area contributed by atoms with Crippen LogP contribution in [0.3, 0.4) is 0 Å². The lowest BCUT2D eigenvalue weighted by atomic mass is 9.92. The molecule has 0 aromatic heterocycles. The van der Waals surface area contributed by atoms with Crippen molar-refractivity contribution in [3.63, 3.8) is 0 Å². The Labute approximate surface area is 113 Å². The molecule has 0 spiro atoms. The summed E-state index contributed by atoms with van der Waals surface area (Å²) in [5, 5.41) is 9.71. The molecule has 1 saturated heterocycles. The number of amidine groups is 1. The van der Waals surface area contributed by atoms with Gasteiger partial charge < -0.3 is 4.90 Å². The van der Waals surface area contributed by atoms with Gasteiger partial charge in [0, 0.05) is 11.3 Å². The van der Waals surface area contributed by atoms with Crippen molar-refractivity contribution < 1.29 is 0 Å². The maximum absolute atomic E-state index is 8.27. The van der Waals surface area contributed by atoms with Gasteiger partial charge in [-0.25, -0.2) is 0 Å². The van der Waals surface area contributed by atoms with Gasteiger partial charge in [-0.3, -0.25) is 5.41 Å². The molecule has 0 unspecified atom stereocenters. The van der Waals surface area contributed by atoms with Crippen LogP contribution in [0.5, 0.6) is 0 Å². The van der Waals surface area contributed by atoms with E-state index in [9.17, 15) is 0 Å². The van der Waals surface area contributed by atoms with Crippen LogP contribution in [-0.4, -0.2) is 21.4 Å². The average molecular weight is 260 g/mol. The maximum Gasteiger partial charge on any atom is 0.157 e. The summed E-state index contributed by atoms with van der Waals surface area (Å²) in [4.78, 5) is 2.35. The van der Waals surface area contributed by atoms with E-state index in [0.29, 0.717) is 17.3 Å². The lowest BCUT2D eigenvalue weighted by molar-refractivity contribution is 0.219. The van der Waals surface area contributed by atoms with Crippen molar-refractivity contribution in [2.45, 2.75) is 49.9 Å². The molecule has 2 nitrogen and oxygen atoms in total. The average Bonchev–Trinajstić information content (AvgIpc) is 2.75. The van der Waals surface area contributed by atoms with Crippen molar-refractivity contribution in [1.29, 1.82) is 5.41 Å². The molecule has 1 aliphatic heterocycles. The van der Waals surface area contributed by atoms with Gasteiger partial charge in [-0.15, -0.1) is 0 Å². The highest BCUT2D eigenvalue weighted by atomic mass is 32.2. The molecule has 2 aliphatic rings. The highest BCUT2D eigenvalue weighted by Crippen LogP contribution is 2.43. The Hall–Kier alpha value is -0.960. The van der Waals surface area contributed by atoms with E-state index in [1.165, 1.54) is 31.2 Å². The molecule has 0 amide bonds. The first-order valence-electron chi connectivity index (χ1n) is 6.86. The Morgan fingerprint density at radius 1 is 1.22 bits per heavy atom. The zero-order valence-corrected chi connectivity index (χ0v) is 11.6. The van der Waals surface area contributed by atoms with E-state index in [0.717, 1.165) is 5.17 Å². The second kappa shape index (κ2) is 4.96. The van der Waals surface area contributed by atoms with Crippen molar-refractivity contribution in [3.05, 3.63) is 35.9 Å². The lowest BCUT2D eigenvalue weighted by Gasteiger charge is -2.35. The van der Waals surface area contributed by atoms with Crippen molar-refractivity contribution in [3.8, 4) is 0 Å². The Morgan fingerprint density at radius 2 is 1.94 bits per heavy atom. The predicted octanol–water partition coefficient (Wildman–Crippen LogP) is 4.04. The van der Waals surface area contributed by atoms with Gasteiger partial charge in [0.25, 0.3) is 0 Å². The number of benzene rings is 1. The van der Waals surface area contributed by atoms with Gasteiger partial charge >= 0.3 is 0 Å². The fourth-order valence-corrected chi connectivity index (χ4v) is 4.65. The Morgan fingerprint density at radius 3 is 2.72 bits per heavy atom. The molecule has 18 heavy (non-hydrogen) atoms. The van der Waals surface area contributed by atoms with Crippen LogP contribution in [0.1, 0.15) is 44.2 Å². The lowest BCUT2D eigenvalue weighted by Crippen LogP contribution is -2.40. The zero-order chi connectivity index (χ0) is 12.5. The van der Waals surface area contributed by atoms with E-state index in [2.05, 4.69) is 42.2 Å². The van der Waals surface area contributed by atoms with E-state index < -0.39 is 0 Å². The highest BCUT2D eigenvalue weighted by molar-refractivity contribution is 8.14. The third-order valence-electron chi connectivity index (χ3n) is 4.22. The Balaban J connectivity index is 1.84. The maximum atomic E-state index is 8.27. The molecular weight excluding hydrogens is 240 g/mol. The number of rotatable bonds is 2. The van der Waals surface area contributed by atoms with E-state index in [1.54, 1.807) is 11.8 Å². The molecule has 3 rings (SSSR count). The smallest absolute Gasteiger partial charge is 0.157 e. The van der Waals surface area contributed by atoms with Gasteiger partial charge in [0.15, 0.2) is 5.17 Å². The fourth-order valence-electron chi connectivity index (χ4n) is 3.24. The first-order chi connectivity index (χ1) is 8.77. The molecule has 0 radical (unpaired) electrons.